The molecule has 1 rings (SSSR count). The number of carboxylic acids is 1. The largest absolute Gasteiger partial charge is 0.480 e. The van der Waals surface area contributed by atoms with Crippen LogP contribution in [0.5, 0.6) is 0 Å². The molecule has 19 heavy (non-hydrogen) atoms. The summed E-state index contributed by atoms with van der Waals surface area (Å²) in [5.74, 6) is -0.978. The van der Waals surface area contributed by atoms with Crippen molar-refractivity contribution in [1.29, 1.82) is 0 Å². The van der Waals surface area contributed by atoms with Gasteiger partial charge < -0.3 is 10.4 Å². The Morgan fingerprint density at radius 2 is 1.89 bits per heavy atom. The minimum Gasteiger partial charge on any atom is -0.480 e. The van der Waals surface area contributed by atoms with Gasteiger partial charge in [0.1, 0.15) is 11.4 Å². The third kappa shape index (κ3) is 5.30. The molecule has 1 aromatic carbocycles. The Morgan fingerprint density at radius 1 is 1.32 bits per heavy atom. The van der Waals surface area contributed by atoms with Crippen molar-refractivity contribution in [3.63, 3.8) is 0 Å². The van der Waals surface area contributed by atoms with Crippen molar-refractivity contribution in [2.24, 2.45) is 0 Å². The maximum atomic E-state index is 12.7. The smallest absolute Gasteiger partial charge is 0.328 e. The zero-order valence-corrected chi connectivity index (χ0v) is 11.6. The molecule has 0 aliphatic carbocycles. The van der Waals surface area contributed by atoms with Gasteiger partial charge in [0.2, 0.25) is 5.91 Å². The number of hydrogen-bond acceptors (Lipinski definition) is 3. The molecule has 1 aromatic rings. The van der Waals surface area contributed by atoms with Crippen LogP contribution in [0, 0.1) is 5.82 Å². The highest BCUT2D eigenvalue weighted by atomic mass is 32.2. The second-order valence-electron chi connectivity index (χ2n) is 4.60. The number of benzene rings is 1. The van der Waals surface area contributed by atoms with Crippen LogP contribution < -0.4 is 5.32 Å². The van der Waals surface area contributed by atoms with Crippen LogP contribution in [0.3, 0.4) is 0 Å². The lowest BCUT2D eigenvalue weighted by atomic mass is 10.1. The molecule has 0 aromatic heterocycles. The van der Waals surface area contributed by atoms with Gasteiger partial charge in [0.15, 0.2) is 0 Å². The van der Waals surface area contributed by atoms with Crippen molar-refractivity contribution in [1.82, 2.24) is 5.32 Å². The van der Waals surface area contributed by atoms with E-state index in [0.29, 0.717) is 5.75 Å². The molecule has 0 saturated carbocycles. The van der Waals surface area contributed by atoms with Crippen LogP contribution in [0.25, 0.3) is 0 Å². The molecular formula is C13H16FNO3S. The van der Waals surface area contributed by atoms with E-state index in [1.54, 1.807) is 12.1 Å². The third-order valence-corrected chi connectivity index (χ3v) is 3.41. The zero-order chi connectivity index (χ0) is 14.5. The molecule has 0 aliphatic heterocycles. The first-order valence-electron chi connectivity index (χ1n) is 5.68. The molecule has 0 spiro atoms. The predicted octanol–water partition coefficient (Wildman–Crippen LogP) is 2.04. The lowest BCUT2D eigenvalue weighted by Gasteiger charge is -2.20. The minimum atomic E-state index is -1.27. The second kappa shape index (κ2) is 6.56. The molecule has 0 saturated heterocycles. The number of amides is 1. The number of carbonyl (C=O) groups excluding carboxylic acids is 1. The molecule has 0 bridgehead atoms. The summed E-state index contributed by atoms with van der Waals surface area (Å²) in [6, 6.07) is 6.04. The normalized spacial score (nSPS) is 11.1. The van der Waals surface area contributed by atoms with Gasteiger partial charge in [0, 0.05) is 5.75 Å². The summed E-state index contributed by atoms with van der Waals surface area (Å²) in [4.78, 5) is 22.4. The highest BCUT2D eigenvalue weighted by Crippen LogP contribution is 2.13. The van der Waals surface area contributed by atoms with E-state index in [1.807, 2.05) is 0 Å². The van der Waals surface area contributed by atoms with Gasteiger partial charge in [-0.1, -0.05) is 12.1 Å². The summed E-state index contributed by atoms with van der Waals surface area (Å²) < 4.78 is 12.7. The maximum Gasteiger partial charge on any atom is 0.328 e. The van der Waals surface area contributed by atoms with E-state index < -0.39 is 11.5 Å². The molecule has 0 fully saturated rings. The predicted molar refractivity (Wildman–Crippen MR) is 72.4 cm³/mol. The van der Waals surface area contributed by atoms with Gasteiger partial charge in [-0.15, -0.1) is 11.8 Å². The van der Waals surface area contributed by atoms with Gasteiger partial charge in [-0.05, 0) is 31.5 Å². The van der Waals surface area contributed by atoms with Gasteiger partial charge in [0.05, 0.1) is 5.75 Å². The molecule has 2 N–H and O–H groups in total. The second-order valence-corrected chi connectivity index (χ2v) is 5.58. The fourth-order valence-electron chi connectivity index (χ4n) is 1.28. The highest BCUT2D eigenvalue weighted by Gasteiger charge is 2.28. The minimum absolute atomic E-state index is 0.161. The lowest BCUT2D eigenvalue weighted by molar-refractivity contribution is -0.145. The number of halogens is 1. The van der Waals surface area contributed by atoms with Gasteiger partial charge in [-0.3, -0.25) is 4.79 Å². The summed E-state index contributed by atoms with van der Waals surface area (Å²) in [6.07, 6.45) is 0. The number of carboxylic acid groups (broad SMARTS) is 1. The average Bonchev–Trinajstić information content (AvgIpc) is 2.31. The van der Waals surface area contributed by atoms with Crippen molar-refractivity contribution in [2.75, 3.05) is 5.75 Å². The molecule has 104 valence electrons. The van der Waals surface area contributed by atoms with Crippen molar-refractivity contribution in [3.05, 3.63) is 35.6 Å². The Balaban J connectivity index is 2.35. The van der Waals surface area contributed by atoms with E-state index in [1.165, 1.54) is 37.7 Å². The van der Waals surface area contributed by atoms with Crippen molar-refractivity contribution >= 4 is 23.6 Å². The van der Waals surface area contributed by atoms with Gasteiger partial charge >= 0.3 is 5.97 Å². The van der Waals surface area contributed by atoms with E-state index in [2.05, 4.69) is 5.32 Å². The fourth-order valence-corrected chi connectivity index (χ4v) is 2.07. The maximum absolute atomic E-state index is 12.7. The first-order chi connectivity index (χ1) is 8.81. The number of hydrogen-bond donors (Lipinski definition) is 2. The zero-order valence-electron chi connectivity index (χ0n) is 10.8. The number of rotatable bonds is 6. The van der Waals surface area contributed by atoms with Gasteiger partial charge in [0.25, 0.3) is 0 Å². The Labute approximate surface area is 115 Å². The average molecular weight is 285 g/mol. The standard InChI is InChI=1S/C13H16FNO3S/c1-13(2,12(17)18)15-11(16)8-19-7-9-3-5-10(14)6-4-9/h3-6H,7-8H2,1-2H3,(H,15,16)(H,17,18). The lowest BCUT2D eigenvalue weighted by Crippen LogP contribution is -2.50. The Morgan fingerprint density at radius 3 is 2.42 bits per heavy atom. The van der Waals surface area contributed by atoms with Gasteiger partial charge in [-0.25, -0.2) is 9.18 Å². The van der Waals surface area contributed by atoms with Crippen LogP contribution in [-0.4, -0.2) is 28.3 Å². The topological polar surface area (TPSA) is 66.4 Å². The third-order valence-electron chi connectivity index (χ3n) is 2.40. The monoisotopic (exact) mass is 285 g/mol. The van der Waals surface area contributed by atoms with Crippen LogP contribution >= 0.6 is 11.8 Å². The molecule has 1 amide bonds. The van der Waals surface area contributed by atoms with E-state index in [0.717, 1.165) is 5.56 Å². The quantitative estimate of drug-likeness (QED) is 0.839. The summed E-state index contributed by atoms with van der Waals surface area (Å²) >= 11 is 1.35. The first-order valence-corrected chi connectivity index (χ1v) is 6.83. The summed E-state index contributed by atoms with van der Waals surface area (Å²) in [5, 5.41) is 11.3. The summed E-state index contributed by atoms with van der Waals surface area (Å²) in [5.41, 5.74) is -0.357. The van der Waals surface area contributed by atoms with E-state index in [9.17, 15) is 14.0 Å². The van der Waals surface area contributed by atoms with Crippen LogP contribution in [0.2, 0.25) is 0 Å². The van der Waals surface area contributed by atoms with E-state index in [-0.39, 0.29) is 17.5 Å². The van der Waals surface area contributed by atoms with Crippen LogP contribution in [0.4, 0.5) is 4.39 Å². The Kier molecular flexibility index (Phi) is 5.35. The molecule has 0 radical (unpaired) electrons. The highest BCUT2D eigenvalue weighted by molar-refractivity contribution is 7.99. The van der Waals surface area contributed by atoms with Crippen LogP contribution in [0.15, 0.2) is 24.3 Å². The van der Waals surface area contributed by atoms with E-state index >= 15 is 0 Å². The molecule has 0 atom stereocenters. The van der Waals surface area contributed by atoms with Crippen LogP contribution in [-0.2, 0) is 15.3 Å². The number of carbonyl (C=O) groups is 2. The van der Waals surface area contributed by atoms with Crippen molar-refractivity contribution < 1.29 is 19.1 Å². The fraction of sp³-hybridized carbons (Fsp3) is 0.385. The Bertz CT molecular complexity index is 459. The molecule has 0 unspecified atom stereocenters. The molecule has 0 aliphatic rings. The summed E-state index contributed by atoms with van der Waals surface area (Å²) in [6.45, 7) is 2.86. The van der Waals surface area contributed by atoms with Crippen LogP contribution in [0.1, 0.15) is 19.4 Å². The molecule has 4 nitrogen and oxygen atoms in total. The number of nitrogens with one attached hydrogen (secondary N) is 1. The van der Waals surface area contributed by atoms with Gasteiger partial charge in [-0.2, -0.15) is 0 Å². The molecule has 0 heterocycles. The van der Waals surface area contributed by atoms with Crippen molar-refractivity contribution in [3.8, 4) is 0 Å². The number of aliphatic carboxylic acids is 1. The summed E-state index contributed by atoms with van der Waals surface area (Å²) in [7, 11) is 0. The Hall–Kier alpha value is -1.56. The van der Waals surface area contributed by atoms with E-state index in [4.69, 9.17) is 5.11 Å². The van der Waals surface area contributed by atoms with Crippen molar-refractivity contribution in [2.45, 2.75) is 25.1 Å². The SMILES string of the molecule is CC(C)(NC(=O)CSCc1ccc(F)cc1)C(=O)O. The number of thioether (sulfide) groups is 1. The first kappa shape index (κ1) is 15.5. The molecular weight excluding hydrogens is 269 g/mol. The molecule has 6 heteroatoms.